The van der Waals surface area contributed by atoms with Crippen molar-refractivity contribution in [2.24, 2.45) is 21.1 Å². The van der Waals surface area contributed by atoms with Crippen LogP contribution in [0, 0.1) is 24.0 Å². The summed E-state index contributed by atoms with van der Waals surface area (Å²) >= 11 is 0. The van der Waals surface area contributed by atoms with Gasteiger partial charge in [0.25, 0.3) is 5.69 Å². The number of aryl methyl sites for hydroxylation is 4. The molecule has 18 nitrogen and oxygen atoms in total. The number of nitrogens with zero attached hydrogens (tertiary/aromatic N) is 13. The highest BCUT2D eigenvalue weighted by atomic mass is 16.6. The fraction of sp³-hybridized carbons (Fsp3) is 0.300. The van der Waals surface area contributed by atoms with Gasteiger partial charge in [0, 0.05) is 61.4 Å². The summed E-state index contributed by atoms with van der Waals surface area (Å²) in [5.41, 5.74) is 5.37. The van der Waals surface area contributed by atoms with Gasteiger partial charge < -0.3 is 14.2 Å². The monoisotopic (exact) mass is 655 g/mol. The highest BCUT2D eigenvalue weighted by molar-refractivity contribution is 5.64. The first-order valence-corrected chi connectivity index (χ1v) is 14.5. The molecule has 4 heterocycles. The lowest BCUT2D eigenvalue weighted by Crippen LogP contribution is -1.98. The zero-order valence-electron chi connectivity index (χ0n) is 27.4. The maximum atomic E-state index is 10.8. The molecule has 3 aromatic heterocycles. The van der Waals surface area contributed by atoms with Crippen LogP contribution in [0.25, 0.3) is 34.2 Å². The van der Waals surface area contributed by atoms with Gasteiger partial charge in [0.05, 0.1) is 25.7 Å². The minimum absolute atomic E-state index is 0.0699. The second-order valence-corrected chi connectivity index (χ2v) is 10.6. The summed E-state index contributed by atoms with van der Waals surface area (Å²) in [5, 5.41) is 44.5. The lowest BCUT2D eigenvalue weighted by Gasteiger charge is -2.11. The van der Waals surface area contributed by atoms with E-state index in [-0.39, 0.29) is 5.69 Å². The zero-order valence-corrected chi connectivity index (χ0v) is 27.4. The Morgan fingerprint density at radius 3 is 1.71 bits per heavy atom. The van der Waals surface area contributed by atoms with E-state index in [1.165, 1.54) is 16.3 Å². The highest BCUT2D eigenvalue weighted by Gasteiger charge is 2.16. The Kier molecular flexibility index (Phi) is 9.91. The van der Waals surface area contributed by atoms with Gasteiger partial charge in [-0.05, 0) is 68.9 Å². The van der Waals surface area contributed by atoms with E-state index in [1.807, 2.05) is 38.2 Å². The van der Waals surface area contributed by atoms with Gasteiger partial charge in [-0.1, -0.05) is 24.3 Å². The number of hydrogen-bond donors (Lipinski definition) is 0. The first kappa shape index (κ1) is 33.0. The third kappa shape index (κ3) is 7.06. The number of benzene rings is 3. The fourth-order valence-electron chi connectivity index (χ4n) is 4.89. The number of fused-ring (bicyclic) bond motifs is 1. The van der Waals surface area contributed by atoms with E-state index in [9.17, 15) is 10.1 Å². The van der Waals surface area contributed by atoms with Crippen molar-refractivity contribution in [3.63, 3.8) is 0 Å². The largest absolute Gasteiger partial charge is 0.496 e. The number of aromatic nitrogens is 12. The molecule has 0 bridgehead atoms. The predicted octanol–water partition coefficient (Wildman–Crippen LogP) is 3.11. The minimum Gasteiger partial charge on any atom is -0.496 e. The van der Waals surface area contributed by atoms with Crippen LogP contribution in [-0.4, -0.2) is 86.4 Å². The number of hydrogen-bond acceptors (Lipinski definition) is 14. The lowest BCUT2D eigenvalue weighted by molar-refractivity contribution is -0.385. The van der Waals surface area contributed by atoms with Crippen LogP contribution in [0.2, 0.25) is 0 Å². The second-order valence-electron chi connectivity index (χ2n) is 10.6. The fourth-order valence-corrected chi connectivity index (χ4v) is 4.89. The van der Waals surface area contributed by atoms with Crippen LogP contribution in [0.15, 0.2) is 48.5 Å². The summed E-state index contributed by atoms with van der Waals surface area (Å²) < 4.78 is 20.8. The van der Waals surface area contributed by atoms with Crippen molar-refractivity contribution in [1.29, 1.82) is 0 Å². The molecule has 0 N–H and O–H groups in total. The summed E-state index contributed by atoms with van der Waals surface area (Å²) in [7, 11) is 8.54. The average Bonchev–Trinajstić information content (AvgIpc) is 3.90. The zero-order chi connectivity index (χ0) is 34.4. The molecule has 0 unspecified atom stereocenters. The quantitative estimate of drug-likeness (QED) is 0.187. The molecule has 6 aromatic rings. The Morgan fingerprint density at radius 1 is 0.729 bits per heavy atom. The normalized spacial score (nSPS) is 11.4. The van der Waals surface area contributed by atoms with Crippen molar-refractivity contribution >= 4 is 5.69 Å². The summed E-state index contributed by atoms with van der Waals surface area (Å²) in [5.74, 6) is 4.39. The number of rotatable bonds is 6. The molecular weight excluding hydrogens is 622 g/mol. The van der Waals surface area contributed by atoms with Crippen LogP contribution in [0.5, 0.6) is 17.2 Å². The van der Waals surface area contributed by atoms with Gasteiger partial charge >= 0.3 is 0 Å². The Morgan fingerprint density at radius 2 is 1.23 bits per heavy atom. The summed E-state index contributed by atoms with van der Waals surface area (Å²) in [6.07, 6.45) is 0.993. The summed E-state index contributed by atoms with van der Waals surface area (Å²) in [6, 6.07) is 14.8. The molecule has 0 saturated heterocycles. The van der Waals surface area contributed by atoms with Crippen molar-refractivity contribution in [2.75, 3.05) is 20.8 Å². The average molecular weight is 656 g/mol. The van der Waals surface area contributed by atoms with Crippen molar-refractivity contribution in [2.45, 2.75) is 20.3 Å². The van der Waals surface area contributed by atoms with Crippen LogP contribution in [-0.2, 0) is 27.6 Å². The molecule has 0 saturated carbocycles. The van der Waals surface area contributed by atoms with Gasteiger partial charge in [0.1, 0.15) is 17.2 Å². The molecule has 0 fully saturated rings. The Hall–Kier alpha value is -6.33. The number of nitro groups is 1. The highest BCUT2D eigenvalue weighted by Crippen LogP contribution is 2.33. The van der Waals surface area contributed by atoms with Gasteiger partial charge in [-0.2, -0.15) is 0 Å². The first-order chi connectivity index (χ1) is 23.1. The lowest BCUT2D eigenvalue weighted by atomic mass is 10.1. The maximum absolute atomic E-state index is 10.8. The third-order valence-corrected chi connectivity index (χ3v) is 7.49. The summed E-state index contributed by atoms with van der Waals surface area (Å²) in [6.45, 7) is 4.41. The van der Waals surface area contributed by atoms with Gasteiger partial charge in [-0.25, -0.2) is 14.0 Å². The molecule has 7 rings (SSSR count). The molecule has 0 aliphatic carbocycles. The second kappa shape index (κ2) is 14.4. The molecule has 1 aliphatic heterocycles. The van der Waals surface area contributed by atoms with E-state index in [1.54, 1.807) is 56.7 Å². The molecule has 18 heteroatoms. The molecule has 0 spiro atoms. The molecule has 0 atom stereocenters. The van der Waals surface area contributed by atoms with Crippen LogP contribution >= 0.6 is 0 Å². The standard InChI is InChI=1S/C11H14N4O2.C10H10N4O.C9H9N5O2/c1-7-9(16-3)5-8(6-10(7)17-4)11-12-13-14-15(11)2;1-14-10(11-12-13-14)8-3-2-7-4-5-15-9(7)6-8;1-6-3-4-7(5-8(6)14(15)16)9-10-11-12-13(9)2/h5-6H,1-4H3;2-3,6H,4-5H2,1H3;3-5H,1-2H3. The first-order valence-electron chi connectivity index (χ1n) is 14.5. The van der Waals surface area contributed by atoms with E-state index in [4.69, 9.17) is 14.2 Å². The van der Waals surface area contributed by atoms with Crippen LogP contribution < -0.4 is 14.2 Å². The van der Waals surface area contributed by atoms with Gasteiger partial charge in [-0.15, -0.1) is 15.3 Å². The molecule has 1 aliphatic rings. The van der Waals surface area contributed by atoms with Crippen molar-refractivity contribution < 1.29 is 19.1 Å². The SMILES string of the molecule is COc1cc(-c2nnnn2C)cc(OC)c1C.Cc1ccc(-c2nnnn2C)cc1[N+](=O)[O-].Cn1nnnc1-c1ccc2c(c1)OCC2. The molecule has 0 amide bonds. The van der Waals surface area contributed by atoms with E-state index in [2.05, 4.69) is 52.6 Å². The molecule has 248 valence electrons. The number of nitro benzene ring substituents is 1. The van der Waals surface area contributed by atoms with Crippen molar-refractivity contribution in [3.05, 3.63) is 75.3 Å². The Bertz CT molecular complexity index is 2030. The van der Waals surface area contributed by atoms with Crippen molar-refractivity contribution in [1.82, 2.24) is 60.6 Å². The van der Waals surface area contributed by atoms with Crippen LogP contribution in [0.1, 0.15) is 16.7 Å². The predicted molar refractivity (Wildman–Crippen MR) is 171 cm³/mol. The van der Waals surface area contributed by atoms with Crippen LogP contribution in [0.3, 0.4) is 0 Å². The number of ether oxygens (including phenoxy) is 3. The third-order valence-electron chi connectivity index (χ3n) is 7.49. The van der Waals surface area contributed by atoms with Gasteiger partial charge in [0.2, 0.25) is 0 Å². The Labute approximate surface area is 274 Å². The Balaban J connectivity index is 0.000000141. The topological polar surface area (TPSA) is 202 Å². The van der Waals surface area contributed by atoms with E-state index >= 15 is 0 Å². The molecule has 3 aromatic carbocycles. The number of methoxy groups -OCH3 is 2. The molecule has 48 heavy (non-hydrogen) atoms. The summed E-state index contributed by atoms with van der Waals surface area (Å²) in [4.78, 5) is 10.4. The van der Waals surface area contributed by atoms with E-state index in [0.717, 1.165) is 52.8 Å². The van der Waals surface area contributed by atoms with E-state index in [0.29, 0.717) is 22.8 Å². The van der Waals surface area contributed by atoms with Crippen molar-refractivity contribution in [3.8, 4) is 51.4 Å². The van der Waals surface area contributed by atoms with E-state index < -0.39 is 4.92 Å². The minimum atomic E-state index is -0.414. The molecular formula is C30H33N13O5. The van der Waals surface area contributed by atoms with Gasteiger partial charge in [-0.3, -0.25) is 10.1 Å². The number of tetrazole rings is 3. The maximum Gasteiger partial charge on any atom is 0.273 e. The molecule has 0 radical (unpaired) electrons. The smallest absolute Gasteiger partial charge is 0.273 e. The van der Waals surface area contributed by atoms with Gasteiger partial charge in [0.15, 0.2) is 17.5 Å². The van der Waals surface area contributed by atoms with Crippen LogP contribution in [0.4, 0.5) is 5.69 Å².